The molecule has 262 valence electrons. The number of ether oxygens (including phenoxy) is 2. The summed E-state index contributed by atoms with van der Waals surface area (Å²) in [7, 11) is 1.95. The van der Waals surface area contributed by atoms with E-state index in [2.05, 4.69) is 45.9 Å². The summed E-state index contributed by atoms with van der Waals surface area (Å²) in [4.78, 5) is 30.5. The van der Waals surface area contributed by atoms with Crippen LogP contribution >= 0.6 is 11.3 Å². The van der Waals surface area contributed by atoms with Crippen LogP contribution in [-0.2, 0) is 28.5 Å². The van der Waals surface area contributed by atoms with E-state index >= 15 is 0 Å². The summed E-state index contributed by atoms with van der Waals surface area (Å²) in [6.45, 7) is 7.21. The fourth-order valence-electron chi connectivity index (χ4n) is 8.36. The highest BCUT2D eigenvalue weighted by molar-refractivity contribution is 7.09. The normalized spacial score (nSPS) is 23.0. The highest BCUT2D eigenvalue weighted by Crippen LogP contribution is 2.64. The summed E-state index contributed by atoms with van der Waals surface area (Å²) < 4.78 is 15.7. The Hall–Kier alpha value is -4.88. The maximum absolute atomic E-state index is 12.9. The van der Waals surface area contributed by atoms with Crippen molar-refractivity contribution in [3.63, 3.8) is 0 Å². The van der Waals surface area contributed by atoms with Gasteiger partial charge in [0, 0.05) is 66.9 Å². The number of anilines is 1. The molecule has 0 bridgehead atoms. The number of hydrogen-bond acceptors (Lipinski definition) is 10. The van der Waals surface area contributed by atoms with Crippen LogP contribution in [0.2, 0.25) is 0 Å². The molecule has 9 rings (SSSR count). The van der Waals surface area contributed by atoms with Gasteiger partial charge in [-0.15, -0.1) is 11.3 Å². The third-order valence-electron chi connectivity index (χ3n) is 11.1. The molecule has 4 atom stereocenters. The van der Waals surface area contributed by atoms with Gasteiger partial charge in [-0.25, -0.2) is 24.4 Å². The predicted octanol–water partition coefficient (Wildman–Crippen LogP) is 6.47. The zero-order chi connectivity index (χ0) is 34.7. The van der Waals surface area contributed by atoms with Gasteiger partial charge >= 0.3 is 6.09 Å². The second-order valence-electron chi connectivity index (χ2n) is 14.2. The molecule has 0 spiro atoms. The fraction of sp³-hybridized carbons (Fsp3) is 0.421. The van der Waals surface area contributed by atoms with E-state index in [4.69, 9.17) is 29.5 Å². The van der Waals surface area contributed by atoms with E-state index in [0.29, 0.717) is 25.0 Å². The lowest BCUT2D eigenvalue weighted by Gasteiger charge is -2.27. The molecule has 6 aromatic rings. The smallest absolute Gasteiger partial charge is 0.407 e. The lowest BCUT2D eigenvalue weighted by Crippen LogP contribution is -2.35. The molecule has 12 nitrogen and oxygen atoms in total. The first-order chi connectivity index (χ1) is 24.9. The van der Waals surface area contributed by atoms with Crippen molar-refractivity contribution >= 4 is 45.3 Å². The van der Waals surface area contributed by atoms with Crippen LogP contribution in [0.5, 0.6) is 0 Å². The number of carbonyl (C=O) groups excluding carboxylic acids is 1. The zero-order valence-corrected chi connectivity index (χ0v) is 29.9. The number of nitrogens with zero attached hydrogens (tertiary/aromatic N) is 8. The molecule has 1 saturated carbocycles. The third kappa shape index (κ3) is 5.63. The van der Waals surface area contributed by atoms with Crippen LogP contribution in [0, 0.1) is 25.7 Å². The van der Waals surface area contributed by atoms with Crippen LogP contribution in [0.1, 0.15) is 53.7 Å². The number of piperidine rings is 1. The average molecular weight is 704 g/mol. The highest BCUT2D eigenvalue weighted by atomic mass is 32.1. The van der Waals surface area contributed by atoms with Gasteiger partial charge in [-0.05, 0) is 68.6 Å². The topological polar surface area (TPSA) is 125 Å². The van der Waals surface area contributed by atoms with Gasteiger partial charge < -0.3 is 19.7 Å². The van der Waals surface area contributed by atoms with E-state index in [-0.39, 0.29) is 18.2 Å². The number of hydrogen-bond donors (Lipinski definition) is 1. The van der Waals surface area contributed by atoms with Crippen LogP contribution in [0.3, 0.4) is 0 Å². The summed E-state index contributed by atoms with van der Waals surface area (Å²) in [5, 5.41) is 17.2. The molecule has 0 radical (unpaired) electrons. The predicted molar refractivity (Wildman–Crippen MR) is 196 cm³/mol. The molecule has 51 heavy (non-hydrogen) atoms. The van der Waals surface area contributed by atoms with Crippen LogP contribution in [0.15, 0.2) is 60.2 Å². The highest BCUT2D eigenvalue weighted by Gasteiger charge is 2.68. The SMILES string of the molecule is Cc1csc([C@@]2(CNC(=O)OCc3ccccc3)[C@@H]3CCN(c4cnc5c(-c6ccc7nn(C)cc7c6C)nn(C6CCCCO6)c5n4)C[C@@H]32)n1. The van der Waals surface area contributed by atoms with Crippen LogP contribution in [-0.4, -0.2) is 66.8 Å². The minimum Gasteiger partial charge on any atom is -0.445 e. The van der Waals surface area contributed by atoms with Crippen molar-refractivity contribution in [1.82, 2.24) is 39.8 Å². The number of fused-ring (bicyclic) bond motifs is 3. The van der Waals surface area contributed by atoms with Gasteiger partial charge in [0.1, 0.15) is 28.6 Å². The Bertz CT molecular complexity index is 2240. The van der Waals surface area contributed by atoms with Crippen molar-refractivity contribution in [3.8, 4) is 11.3 Å². The number of benzene rings is 2. The van der Waals surface area contributed by atoms with Crippen molar-refractivity contribution in [1.29, 1.82) is 0 Å². The Morgan fingerprint density at radius 3 is 2.76 bits per heavy atom. The number of amides is 1. The molecule has 2 aromatic carbocycles. The van der Waals surface area contributed by atoms with E-state index < -0.39 is 6.09 Å². The number of thiazole rings is 1. The Labute approximate surface area is 299 Å². The molecule has 1 N–H and O–H groups in total. The number of nitrogens with one attached hydrogen (secondary N) is 1. The Morgan fingerprint density at radius 1 is 1.08 bits per heavy atom. The molecule has 1 amide bonds. The average Bonchev–Trinajstić information content (AvgIpc) is 3.51. The van der Waals surface area contributed by atoms with Crippen molar-refractivity contribution in [2.75, 3.05) is 31.1 Å². The minimum absolute atomic E-state index is 0.190. The van der Waals surface area contributed by atoms with Gasteiger partial charge in [0.2, 0.25) is 0 Å². The monoisotopic (exact) mass is 703 g/mol. The van der Waals surface area contributed by atoms with E-state index in [9.17, 15) is 4.79 Å². The summed E-state index contributed by atoms with van der Waals surface area (Å²) in [5.74, 6) is 1.54. The molecule has 4 aromatic heterocycles. The van der Waals surface area contributed by atoms with E-state index in [1.54, 1.807) is 11.3 Å². The summed E-state index contributed by atoms with van der Waals surface area (Å²) in [6, 6.07) is 13.9. The summed E-state index contributed by atoms with van der Waals surface area (Å²) in [6.07, 6.45) is 7.33. The Morgan fingerprint density at radius 2 is 1.96 bits per heavy atom. The summed E-state index contributed by atoms with van der Waals surface area (Å²) >= 11 is 1.69. The number of aromatic nitrogens is 7. The van der Waals surface area contributed by atoms with E-state index in [1.807, 2.05) is 59.9 Å². The van der Waals surface area contributed by atoms with Gasteiger partial charge in [-0.3, -0.25) is 4.68 Å². The molecule has 2 aliphatic heterocycles. The maximum Gasteiger partial charge on any atom is 0.407 e. The van der Waals surface area contributed by atoms with Crippen LogP contribution < -0.4 is 10.2 Å². The van der Waals surface area contributed by atoms with Crippen LogP contribution in [0.25, 0.3) is 33.3 Å². The van der Waals surface area contributed by atoms with E-state index in [0.717, 1.165) is 99.7 Å². The molecular weight excluding hydrogens is 663 g/mol. The van der Waals surface area contributed by atoms with Crippen LogP contribution in [0.4, 0.5) is 10.6 Å². The van der Waals surface area contributed by atoms with E-state index in [1.165, 1.54) is 0 Å². The Balaban J connectivity index is 1.01. The first-order valence-electron chi connectivity index (χ1n) is 17.8. The quantitative estimate of drug-likeness (QED) is 0.190. The minimum atomic E-state index is -0.407. The standard InChI is InChI=1S/C38H41N9O3S/c1-23-21-51-36(41-23)38(22-40-37(48)50-20-25-9-5-4-6-10-25)28-14-15-46(19-29(28)38)31-17-39-34-33(26-12-13-30-27(24(26)2)18-45(3)43-30)44-47(35(34)42-31)32-11-7-8-16-49-32/h4-6,9-10,12-13,17-18,21,28-29,32H,7-8,11,14-16,19-20,22H2,1-3H3,(H,40,48)/t28-,29+,32?,38+/m1/s1. The second kappa shape index (κ2) is 12.7. The number of carbonyl (C=O) groups is 1. The second-order valence-corrected chi connectivity index (χ2v) is 15.0. The van der Waals surface area contributed by atoms with Gasteiger partial charge in [0.15, 0.2) is 11.9 Å². The van der Waals surface area contributed by atoms with Crippen molar-refractivity contribution in [3.05, 3.63) is 82.1 Å². The molecule has 13 heteroatoms. The molecule has 3 fully saturated rings. The first kappa shape index (κ1) is 32.1. The molecule has 2 saturated heterocycles. The fourth-order valence-corrected chi connectivity index (χ4v) is 9.48. The first-order valence-corrected chi connectivity index (χ1v) is 18.7. The zero-order valence-electron chi connectivity index (χ0n) is 29.1. The molecule has 1 unspecified atom stereocenters. The Kier molecular flexibility index (Phi) is 7.99. The van der Waals surface area contributed by atoms with Crippen molar-refractivity contribution in [2.24, 2.45) is 18.9 Å². The number of alkyl carbamates (subject to hydrolysis) is 1. The third-order valence-corrected chi connectivity index (χ3v) is 12.2. The molecule has 3 aliphatic rings. The van der Waals surface area contributed by atoms with Crippen molar-refractivity contribution in [2.45, 2.75) is 57.8 Å². The van der Waals surface area contributed by atoms with Gasteiger partial charge in [-0.1, -0.05) is 36.4 Å². The maximum atomic E-state index is 12.9. The van der Waals surface area contributed by atoms with Gasteiger partial charge in [-0.2, -0.15) is 10.2 Å². The summed E-state index contributed by atoms with van der Waals surface area (Å²) in [5.41, 5.74) is 7.13. The molecule has 6 heterocycles. The van der Waals surface area contributed by atoms with Gasteiger partial charge in [0.05, 0.1) is 11.7 Å². The lowest BCUT2D eigenvalue weighted by molar-refractivity contribution is -0.0368. The number of rotatable bonds is 8. The van der Waals surface area contributed by atoms with Gasteiger partial charge in [0.25, 0.3) is 0 Å². The molecule has 1 aliphatic carbocycles. The van der Waals surface area contributed by atoms with Crippen molar-refractivity contribution < 1.29 is 14.3 Å². The largest absolute Gasteiger partial charge is 0.445 e. The molecular formula is C38H41N9O3S. The number of aryl methyl sites for hydroxylation is 3. The lowest BCUT2D eigenvalue weighted by atomic mass is 10.0.